The molecule has 3 heteroatoms. The van der Waals surface area contributed by atoms with Gasteiger partial charge in [-0.3, -0.25) is 4.79 Å². The molecule has 3 nitrogen and oxygen atoms in total. The molecule has 0 radical (unpaired) electrons. The molecule has 0 spiro atoms. The number of carboxylic acid groups (broad SMARTS) is 1. The second-order valence-electron chi connectivity index (χ2n) is 6.26. The summed E-state index contributed by atoms with van der Waals surface area (Å²) in [6, 6.07) is 0. The lowest BCUT2D eigenvalue weighted by Crippen LogP contribution is -2.34. The first kappa shape index (κ1) is 14.6. The van der Waals surface area contributed by atoms with E-state index in [-0.39, 0.29) is 17.9 Å². The van der Waals surface area contributed by atoms with E-state index in [1.54, 1.807) is 0 Å². The molecule has 1 fully saturated rings. The van der Waals surface area contributed by atoms with Gasteiger partial charge < -0.3 is 10.2 Å². The summed E-state index contributed by atoms with van der Waals surface area (Å²) in [7, 11) is 0. The summed E-state index contributed by atoms with van der Waals surface area (Å²) in [5.74, 6) is 0.346. The van der Waals surface area contributed by atoms with Gasteiger partial charge in [0.15, 0.2) is 0 Å². The van der Waals surface area contributed by atoms with Crippen LogP contribution in [0, 0.1) is 23.7 Å². The van der Waals surface area contributed by atoms with Crippen LogP contribution in [0.1, 0.15) is 52.4 Å². The lowest BCUT2D eigenvalue weighted by atomic mass is 9.66. The number of carbonyl (C=O) groups is 1. The molecule has 0 aromatic carbocycles. The molecule has 2 rings (SSSR count). The highest BCUT2D eigenvalue weighted by Gasteiger charge is 2.37. The van der Waals surface area contributed by atoms with Crippen molar-refractivity contribution in [2.45, 2.75) is 58.5 Å². The van der Waals surface area contributed by atoms with Crippen LogP contribution in [0.5, 0.6) is 0 Å². The number of aliphatic hydroxyl groups is 1. The number of carboxylic acids is 1. The third kappa shape index (κ3) is 3.02. The maximum absolute atomic E-state index is 11.3. The third-order valence-corrected chi connectivity index (χ3v) is 5.23. The van der Waals surface area contributed by atoms with E-state index in [9.17, 15) is 15.0 Å². The van der Waals surface area contributed by atoms with Gasteiger partial charge in [0.2, 0.25) is 0 Å². The summed E-state index contributed by atoms with van der Waals surface area (Å²) >= 11 is 0. The molecule has 0 aromatic heterocycles. The Kier molecular flexibility index (Phi) is 4.67. The Morgan fingerprint density at radius 2 is 1.95 bits per heavy atom. The maximum atomic E-state index is 11.3. The number of aliphatic carboxylic acids is 1. The molecule has 0 saturated heterocycles. The highest BCUT2D eigenvalue weighted by Crippen LogP contribution is 2.44. The topological polar surface area (TPSA) is 57.5 Å². The molecular formula is C16H26O3. The predicted octanol–water partition coefficient (Wildman–Crippen LogP) is 3.23. The quantitative estimate of drug-likeness (QED) is 0.771. The first-order valence-corrected chi connectivity index (χ1v) is 7.65. The zero-order valence-corrected chi connectivity index (χ0v) is 12.0. The monoisotopic (exact) mass is 266 g/mol. The Balaban J connectivity index is 2.13. The molecule has 0 heterocycles. The number of hydrogen-bond donors (Lipinski definition) is 2. The van der Waals surface area contributed by atoms with Crippen molar-refractivity contribution in [2.75, 3.05) is 0 Å². The maximum Gasteiger partial charge on any atom is 0.307 e. The van der Waals surface area contributed by atoms with Gasteiger partial charge in [0, 0.05) is 0 Å². The zero-order chi connectivity index (χ0) is 14.0. The molecule has 3 atom stereocenters. The van der Waals surface area contributed by atoms with Crippen LogP contribution in [0.15, 0.2) is 11.6 Å². The van der Waals surface area contributed by atoms with Crippen molar-refractivity contribution in [1.82, 2.24) is 0 Å². The average molecular weight is 266 g/mol. The van der Waals surface area contributed by atoms with Gasteiger partial charge in [0.05, 0.1) is 12.0 Å². The van der Waals surface area contributed by atoms with Gasteiger partial charge in [0.25, 0.3) is 0 Å². The summed E-state index contributed by atoms with van der Waals surface area (Å²) in [6.07, 6.45) is 7.71. The molecule has 2 aliphatic rings. The Morgan fingerprint density at radius 3 is 2.47 bits per heavy atom. The van der Waals surface area contributed by atoms with Crippen LogP contribution in [-0.4, -0.2) is 22.3 Å². The Labute approximate surface area is 115 Å². The van der Waals surface area contributed by atoms with Crippen molar-refractivity contribution in [3.8, 4) is 0 Å². The fourth-order valence-corrected chi connectivity index (χ4v) is 4.02. The van der Waals surface area contributed by atoms with Crippen LogP contribution < -0.4 is 0 Å². The van der Waals surface area contributed by atoms with E-state index in [1.807, 2.05) is 0 Å². The summed E-state index contributed by atoms with van der Waals surface area (Å²) in [5.41, 5.74) is 1.49. The number of rotatable bonds is 3. The van der Waals surface area contributed by atoms with Crippen LogP contribution in [-0.2, 0) is 4.79 Å². The highest BCUT2D eigenvalue weighted by atomic mass is 16.4. The lowest BCUT2D eigenvalue weighted by molar-refractivity contribution is -0.144. The van der Waals surface area contributed by atoms with Crippen LogP contribution in [0.3, 0.4) is 0 Å². The summed E-state index contributed by atoms with van der Waals surface area (Å²) in [4.78, 5) is 11.3. The van der Waals surface area contributed by atoms with Gasteiger partial charge in [-0.2, -0.15) is 0 Å². The van der Waals surface area contributed by atoms with E-state index in [1.165, 1.54) is 5.57 Å². The first-order valence-electron chi connectivity index (χ1n) is 7.65. The zero-order valence-electron chi connectivity index (χ0n) is 12.0. The molecular weight excluding hydrogens is 240 g/mol. The van der Waals surface area contributed by atoms with Crippen LogP contribution >= 0.6 is 0 Å². The van der Waals surface area contributed by atoms with Crippen LogP contribution in [0.25, 0.3) is 0 Å². The Morgan fingerprint density at radius 1 is 1.32 bits per heavy atom. The molecule has 0 aliphatic heterocycles. The van der Waals surface area contributed by atoms with Crippen molar-refractivity contribution in [2.24, 2.45) is 23.7 Å². The molecule has 1 saturated carbocycles. The molecule has 0 bridgehead atoms. The molecule has 19 heavy (non-hydrogen) atoms. The molecule has 2 aliphatic carbocycles. The van der Waals surface area contributed by atoms with E-state index >= 15 is 0 Å². The van der Waals surface area contributed by atoms with Gasteiger partial charge in [-0.05, 0) is 56.3 Å². The lowest BCUT2D eigenvalue weighted by Gasteiger charge is -2.39. The number of allylic oxidation sites excluding steroid dienone is 2. The van der Waals surface area contributed by atoms with Gasteiger partial charge in [-0.15, -0.1) is 0 Å². The largest absolute Gasteiger partial charge is 0.481 e. The minimum absolute atomic E-state index is 0.121. The standard InChI is InChI=1S/C16H26O3/c1-3-13-10(2)14(16(18)19)8-9-15(13)11-4-6-12(17)7-5-11/h9-14,17H,3-8H2,1-2H3,(H,18,19)/t10-,11?,12?,13+,14+/m1/s1. The van der Waals surface area contributed by atoms with Crippen molar-refractivity contribution in [3.05, 3.63) is 11.6 Å². The second kappa shape index (κ2) is 6.08. The predicted molar refractivity (Wildman–Crippen MR) is 74.7 cm³/mol. The Hall–Kier alpha value is -0.830. The van der Waals surface area contributed by atoms with Gasteiger partial charge in [0.1, 0.15) is 0 Å². The van der Waals surface area contributed by atoms with E-state index < -0.39 is 5.97 Å². The second-order valence-corrected chi connectivity index (χ2v) is 6.26. The third-order valence-electron chi connectivity index (χ3n) is 5.23. The first-order chi connectivity index (χ1) is 9.04. The van der Waals surface area contributed by atoms with Gasteiger partial charge in [-0.25, -0.2) is 0 Å². The molecule has 0 amide bonds. The molecule has 108 valence electrons. The van der Waals surface area contributed by atoms with Gasteiger partial charge >= 0.3 is 5.97 Å². The van der Waals surface area contributed by atoms with E-state index in [4.69, 9.17) is 0 Å². The summed E-state index contributed by atoms with van der Waals surface area (Å²) in [6.45, 7) is 4.26. The van der Waals surface area contributed by atoms with Crippen molar-refractivity contribution < 1.29 is 15.0 Å². The SMILES string of the molecule is CC[C@@H]1C(C2CCC(O)CC2)=CC[C@H](C(=O)O)[C@@H]1C. The van der Waals surface area contributed by atoms with Crippen molar-refractivity contribution >= 4 is 5.97 Å². The van der Waals surface area contributed by atoms with E-state index in [2.05, 4.69) is 19.9 Å². The Bertz CT molecular complexity index is 353. The van der Waals surface area contributed by atoms with Crippen molar-refractivity contribution in [1.29, 1.82) is 0 Å². The molecule has 0 aromatic rings. The fraction of sp³-hybridized carbons (Fsp3) is 0.812. The summed E-state index contributed by atoms with van der Waals surface area (Å²) in [5, 5.41) is 18.9. The van der Waals surface area contributed by atoms with Crippen molar-refractivity contribution in [3.63, 3.8) is 0 Å². The highest BCUT2D eigenvalue weighted by molar-refractivity contribution is 5.71. The van der Waals surface area contributed by atoms with E-state index in [0.29, 0.717) is 18.3 Å². The number of aliphatic hydroxyl groups excluding tert-OH is 1. The number of hydrogen-bond acceptors (Lipinski definition) is 2. The minimum atomic E-state index is -0.652. The molecule has 0 unspecified atom stereocenters. The van der Waals surface area contributed by atoms with E-state index in [0.717, 1.165) is 32.1 Å². The average Bonchev–Trinajstić information content (AvgIpc) is 2.38. The minimum Gasteiger partial charge on any atom is -0.481 e. The van der Waals surface area contributed by atoms with Gasteiger partial charge in [-0.1, -0.05) is 25.5 Å². The fourth-order valence-electron chi connectivity index (χ4n) is 4.02. The van der Waals surface area contributed by atoms with Crippen LogP contribution in [0.4, 0.5) is 0 Å². The smallest absolute Gasteiger partial charge is 0.307 e. The summed E-state index contributed by atoms with van der Waals surface area (Å²) < 4.78 is 0. The molecule has 2 N–H and O–H groups in total. The van der Waals surface area contributed by atoms with Crippen LogP contribution in [0.2, 0.25) is 0 Å². The normalized spacial score (nSPS) is 39.7.